The summed E-state index contributed by atoms with van der Waals surface area (Å²) in [6.45, 7) is 0.821. The monoisotopic (exact) mass is 317 g/mol. The summed E-state index contributed by atoms with van der Waals surface area (Å²) < 4.78 is 5.28. The molecule has 0 radical (unpaired) electrons. The van der Waals surface area contributed by atoms with Crippen molar-refractivity contribution in [3.8, 4) is 11.5 Å². The second-order valence-electron chi connectivity index (χ2n) is 7.21. The summed E-state index contributed by atoms with van der Waals surface area (Å²) in [5.74, 6) is 0.616. The lowest BCUT2D eigenvalue weighted by Crippen LogP contribution is -2.66. The normalized spacial score (nSPS) is 36.3. The molecule has 3 aliphatic rings. The average Bonchev–Trinajstić information content (AvgIpc) is 2.54. The number of piperidine rings is 1. The van der Waals surface area contributed by atoms with Gasteiger partial charge in [-0.05, 0) is 50.4 Å². The number of Topliss-reactive ketones (excluding diaryl/α,β-unsaturated/α-hetero) is 1. The molecule has 124 valence electrons. The van der Waals surface area contributed by atoms with Crippen LogP contribution in [0.15, 0.2) is 12.1 Å². The van der Waals surface area contributed by atoms with Gasteiger partial charge in [-0.1, -0.05) is 6.07 Å². The van der Waals surface area contributed by atoms with E-state index in [-0.39, 0.29) is 17.5 Å². The first-order chi connectivity index (χ1) is 11.0. The van der Waals surface area contributed by atoms with E-state index in [9.17, 15) is 15.0 Å². The molecule has 1 saturated heterocycles. The van der Waals surface area contributed by atoms with Crippen LogP contribution in [0.3, 0.4) is 0 Å². The van der Waals surface area contributed by atoms with Gasteiger partial charge < -0.3 is 19.8 Å². The highest BCUT2D eigenvalue weighted by Gasteiger charge is 2.60. The molecule has 1 aliphatic heterocycles. The molecule has 2 bridgehead atoms. The highest BCUT2D eigenvalue weighted by Crippen LogP contribution is 2.58. The van der Waals surface area contributed by atoms with E-state index in [2.05, 4.69) is 11.9 Å². The average molecular weight is 317 g/mol. The number of likely N-dealkylation sites (N-methyl/N-ethyl adjacent to an activating group) is 1. The van der Waals surface area contributed by atoms with Crippen LogP contribution in [0, 0.1) is 5.92 Å². The predicted octanol–water partition coefficient (Wildman–Crippen LogP) is 1.24. The van der Waals surface area contributed by atoms with Gasteiger partial charge >= 0.3 is 0 Å². The zero-order chi connectivity index (χ0) is 16.4. The van der Waals surface area contributed by atoms with Crippen molar-refractivity contribution in [2.24, 2.45) is 5.92 Å². The number of aliphatic hydroxyl groups is 1. The fraction of sp³-hybridized carbons (Fsp3) is 0.611. The molecule has 2 N–H and O–H groups in total. The first-order valence-corrected chi connectivity index (χ1v) is 8.31. The van der Waals surface area contributed by atoms with Crippen LogP contribution in [0.5, 0.6) is 11.5 Å². The molecule has 23 heavy (non-hydrogen) atoms. The van der Waals surface area contributed by atoms with Crippen molar-refractivity contribution in [3.05, 3.63) is 23.3 Å². The molecule has 0 spiro atoms. The number of hydrogen-bond donors (Lipinski definition) is 2. The number of benzene rings is 1. The zero-order valence-electron chi connectivity index (χ0n) is 13.6. The van der Waals surface area contributed by atoms with Crippen molar-refractivity contribution in [1.29, 1.82) is 0 Å². The summed E-state index contributed by atoms with van der Waals surface area (Å²) in [6, 6.07) is 4.06. The number of methoxy groups -OCH3 is 1. The molecule has 4 rings (SSSR count). The Kier molecular flexibility index (Phi) is 3.22. The number of aromatic hydroxyl groups is 1. The molecule has 5 heteroatoms. The Morgan fingerprint density at radius 2 is 2.17 bits per heavy atom. The molecule has 0 amide bonds. The standard InChI is InChI=1S/C18H23NO4/c1-19-8-7-18-11(4-5-13(20)17(18)22)12(19)9-10-3-6-14(23-2)16(21)15(10)18/h3,6,11-12,17,21-22H,4-5,7-9H2,1-2H3. The van der Waals surface area contributed by atoms with Crippen LogP contribution in [0.4, 0.5) is 0 Å². The van der Waals surface area contributed by atoms with Crippen LogP contribution in [-0.2, 0) is 16.6 Å². The van der Waals surface area contributed by atoms with E-state index < -0.39 is 11.5 Å². The first kappa shape index (κ1) is 15.0. The van der Waals surface area contributed by atoms with Crippen LogP contribution < -0.4 is 4.74 Å². The summed E-state index contributed by atoms with van der Waals surface area (Å²) in [7, 11) is 3.64. The van der Waals surface area contributed by atoms with Crippen molar-refractivity contribution in [2.45, 2.75) is 43.2 Å². The third kappa shape index (κ3) is 1.78. The first-order valence-electron chi connectivity index (χ1n) is 8.31. The van der Waals surface area contributed by atoms with Crippen molar-refractivity contribution in [2.75, 3.05) is 20.7 Å². The van der Waals surface area contributed by atoms with Gasteiger partial charge in [-0.3, -0.25) is 4.79 Å². The van der Waals surface area contributed by atoms with Gasteiger partial charge in [0.1, 0.15) is 6.10 Å². The summed E-state index contributed by atoms with van der Waals surface area (Å²) in [4.78, 5) is 14.7. The molecule has 5 nitrogen and oxygen atoms in total. The minimum Gasteiger partial charge on any atom is -0.504 e. The molecule has 4 atom stereocenters. The van der Waals surface area contributed by atoms with Gasteiger partial charge in [0, 0.05) is 23.4 Å². The van der Waals surface area contributed by atoms with Crippen molar-refractivity contribution < 1.29 is 19.7 Å². The van der Waals surface area contributed by atoms with E-state index in [1.54, 1.807) is 6.07 Å². The van der Waals surface area contributed by atoms with Crippen LogP contribution >= 0.6 is 0 Å². The number of likely N-dealkylation sites (tertiary alicyclic amines) is 1. The summed E-state index contributed by atoms with van der Waals surface area (Å²) in [5, 5.41) is 21.7. The number of ketones is 1. The fourth-order valence-electron chi connectivity index (χ4n) is 5.31. The highest BCUT2D eigenvalue weighted by molar-refractivity contribution is 5.86. The Labute approximate surface area is 135 Å². The molecule has 1 aromatic rings. The van der Waals surface area contributed by atoms with Gasteiger partial charge in [-0.2, -0.15) is 0 Å². The van der Waals surface area contributed by atoms with Gasteiger partial charge in [-0.25, -0.2) is 0 Å². The molecular weight excluding hydrogens is 294 g/mol. The number of ether oxygens (including phenoxy) is 1. The number of carbonyl (C=O) groups excluding carboxylic acids is 1. The Morgan fingerprint density at radius 3 is 2.91 bits per heavy atom. The minimum atomic E-state index is -1.03. The number of carbonyl (C=O) groups is 1. The number of rotatable bonds is 1. The van der Waals surface area contributed by atoms with E-state index in [1.165, 1.54) is 7.11 Å². The summed E-state index contributed by atoms with van der Waals surface area (Å²) >= 11 is 0. The molecule has 2 aliphatic carbocycles. The van der Waals surface area contributed by atoms with Gasteiger partial charge in [0.15, 0.2) is 17.3 Å². The van der Waals surface area contributed by atoms with Gasteiger partial charge in [0.05, 0.1) is 7.11 Å². The zero-order valence-corrected chi connectivity index (χ0v) is 13.6. The lowest BCUT2D eigenvalue weighted by molar-refractivity contribution is -0.145. The van der Waals surface area contributed by atoms with Crippen LogP contribution in [0.1, 0.15) is 30.4 Å². The number of hydrogen-bond acceptors (Lipinski definition) is 5. The molecular formula is C18H23NO4. The Bertz CT molecular complexity index is 673. The van der Waals surface area contributed by atoms with Gasteiger partial charge in [0.25, 0.3) is 0 Å². The molecule has 4 unspecified atom stereocenters. The predicted molar refractivity (Wildman–Crippen MR) is 84.8 cm³/mol. The highest BCUT2D eigenvalue weighted by atomic mass is 16.5. The minimum absolute atomic E-state index is 0.0976. The second-order valence-corrected chi connectivity index (χ2v) is 7.21. The molecule has 2 fully saturated rings. The van der Waals surface area contributed by atoms with Gasteiger partial charge in [0.2, 0.25) is 0 Å². The van der Waals surface area contributed by atoms with Crippen LogP contribution in [0.25, 0.3) is 0 Å². The maximum Gasteiger partial charge on any atom is 0.162 e. The number of nitrogens with zero attached hydrogens (tertiary/aromatic N) is 1. The Morgan fingerprint density at radius 1 is 1.39 bits per heavy atom. The third-order valence-electron chi connectivity index (χ3n) is 6.41. The maximum atomic E-state index is 12.3. The van der Waals surface area contributed by atoms with E-state index >= 15 is 0 Å². The molecule has 1 aromatic carbocycles. The Balaban J connectivity index is 1.99. The van der Waals surface area contributed by atoms with Gasteiger partial charge in [-0.15, -0.1) is 0 Å². The SMILES string of the molecule is COc1ccc2c(c1O)C13CCN(C)C(C2)C1CCC(=O)C3O. The summed E-state index contributed by atoms with van der Waals surface area (Å²) in [6.07, 6.45) is 1.70. The van der Waals surface area contributed by atoms with E-state index in [4.69, 9.17) is 4.74 Å². The number of fused-ring (bicyclic) bond motifs is 1. The lowest BCUT2D eigenvalue weighted by Gasteiger charge is -2.59. The van der Waals surface area contributed by atoms with Crippen molar-refractivity contribution >= 4 is 5.78 Å². The number of aliphatic hydroxyl groups excluding tert-OH is 1. The Hall–Kier alpha value is -1.59. The molecule has 1 saturated carbocycles. The maximum absolute atomic E-state index is 12.3. The smallest absolute Gasteiger partial charge is 0.162 e. The van der Waals surface area contributed by atoms with Crippen LogP contribution in [-0.4, -0.2) is 53.7 Å². The van der Waals surface area contributed by atoms with E-state index in [1.807, 2.05) is 6.07 Å². The quantitative estimate of drug-likeness (QED) is 0.815. The van der Waals surface area contributed by atoms with Crippen molar-refractivity contribution in [3.63, 3.8) is 0 Å². The number of phenols is 1. The molecule has 0 aromatic heterocycles. The van der Waals surface area contributed by atoms with E-state index in [0.29, 0.717) is 24.6 Å². The van der Waals surface area contributed by atoms with E-state index in [0.717, 1.165) is 30.5 Å². The lowest BCUT2D eigenvalue weighted by atomic mass is 9.50. The fourth-order valence-corrected chi connectivity index (χ4v) is 5.31. The second kappa shape index (κ2) is 4.95. The largest absolute Gasteiger partial charge is 0.504 e. The topological polar surface area (TPSA) is 70.0 Å². The van der Waals surface area contributed by atoms with Crippen LogP contribution in [0.2, 0.25) is 0 Å². The molecule has 1 heterocycles. The third-order valence-corrected chi connectivity index (χ3v) is 6.41. The number of phenolic OH excluding ortho intramolecular Hbond substituents is 1. The summed E-state index contributed by atoms with van der Waals surface area (Å²) in [5.41, 5.74) is 1.12. The van der Waals surface area contributed by atoms with Crippen molar-refractivity contribution in [1.82, 2.24) is 4.90 Å².